The van der Waals surface area contributed by atoms with E-state index in [2.05, 4.69) is 19.3 Å². The van der Waals surface area contributed by atoms with E-state index in [1.54, 1.807) is 12.4 Å². The summed E-state index contributed by atoms with van der Waals surface area (Å²) in [6.07, 6.45) is 15.0. The summed E-state index contributed by atoms with van der Waals surface area (Å²) >= 11 is 0. The van der Waals surface area contributed by atoms with Crippen LogP contribution in [-0.2, 0) is 6.54 Å². The van der Waals surface area contributed by atoms with Crippen LogP contribution in [0.5, 0.6) is 0 Å². The van der Waals surface area contributed by atoms with E-state index in [0.717, 1.165) is 31.1 Å². The van der Waals surface area contributed by atoms with Gasteiger partial charge in [-0.2, -0.15) is 0 Å². The number of aliphatic hydroxyl groups is 1. The smallest absolute Gasteiger partial charge is 0.155 e. The number of likely N-dealkylation sites (tertiary alicyclic amines) is 1. The summed E-state index contributed by atoms with van der Waals surface area (Å²) in [5.41, 5.74) is 2.08. The van der Waals surface area contributed by atoms with Crippen molar-refractivity contribution >= 4 is 5.65 Å². The predicted octanol–water partition coefficient (Wildman–Crippen LogP) is 2.24. The second-order valence-electron chi connectivity index (χ2n) is 6.84. The lowest BCUT2D eigenvalue weighted by Crippen LogP contribution is -2.36. The van der Waals surface area contributed by atoms with Crippen molar-refractivity contribution in [1.29, 1.82) is 0 Å². The fourth-order valence-corrected chi connectivity index (χ4v) is 4.32. The van der Waals surface area contributed by atoms with Crippen molar-refractivity contribution in [3.63, 3.8) is 0 Å². The van der Waals surface area contributed by atoms with E-state index in [4.69, 9.17) is 0 Å². The molecule has 0 aromatic carbocycles. The fourth-order valence-electron chi connectivity index (χ4n) is 4.32. The molecule has 118 valence electrons. The maximum Gasteiger partial charge on any atom is 0.155 e. The Hall–Kier alpha value is -1.46. The Morgan fingerprint density at radius 2 is 2.05 bits per heavy atom. The highest BCUT2D eigenvalue weighted by Crippen LogP contribution is 2.35. The molecule has 2 aromatic rings. The summed E-state index contributed by atoms with van der Waals surface area (Å²) in [5, 5.41) is 10.2. The van der Waals surface area contributed by atoms with Gasteiger partial charge < -0.3 is 5.11 Å². The number of β-amino-alcohol motifs (C(OH)–C–C–N with tert-alkyl or cyclic N) is 1. The van der Waals surface area contributed by atoms with Crippen molar-refractivity contribution in [3.8, 4) is 0 Å². The molecule has 0 bridgehead atoms. The number of rotatable bonds is 3. The van der Waals surface area contributed by atoms with Crippen LogP contribution >= 0.6 is 0 Å². The molecular formula is C17H24N4O. The largest absolute Gasteiger partial charge is 0.392 e. The van der Waals surface area contributed by atoms with Gasteiger partial charge in [-0.25, -0.2) is 4.98 Å². The minimum Gasteiger partial charge on any atom is -0.392 e. The van der Waals surface area contributed by atoms with Crippen molar-refractivity contribution in [1.82, 2.24) is 19.3 Å². The van der Waals surface area contributed by atoms with Crippen LogP contribution in [0.25, 0.3) is 5.65 Å². The van der Waals surface area contributed by atoms with E-state index in [1.165, 1.54) is 37.8 Å². The molecule has 1 saturated carbocycles. The Kier molecular flexibility index (Phi) is 3.84. The Morgan fingerprint density at radius 3 is 2.91 bits per heavy atom. The summed E-state index contributed by atoms with van der Waals surface area (Å²) in [7, 11) is 0. The Labute approximate surface area is 131 Å². The molecule has 0 amide bonds. The number of aliphatic hydroxyl groups excluding tert-OH is 1. The molecule has 0 radical (unpaired) electrons. The predicted molar refractivity (Wildman–Crippen MR) is 84.4 cm³/mol. The van der Waals surface area contributed by atoms with Crippen LogP contribution in [0.2, 0.25) is 0 Å². The van der Waals surface area contributed by atoms with Crippen LogP contribution in [0.15, 0.2) is 24.8 Å². The van der Waals surface area contributed by atoms with Gasteiger partial charge in [-0.05, 0) is 25.2 Å². The van der Waals surface area contributed by atoms with Crippen LogP contribution in [0.4, 0.5) is 0 Å². The molecule has 1 aliphatic heterocycles. The average Bonchev–Trinajstić information content (AvgIpc) is 3.13. The number of nitrogens with zero attached hydrogens (tertiary/aromatic N) is 4. The Balaban J connectivity index is 1.54. The summed E-state index contributed by atoms with van der Waals surface area (Å²) in [5.74, 6) is 0.756. The van der Waals surface area contributed by atoms with Crippen molar-refractivity contribution in [2.75, 3.05) is 6.54 Å². The standard InChI is InChI=1S/C17H24N4O/c22-15-8-16(13-4-2-1-3-5-13)20(12-15)11-14-9-19-17-10-18-6-7-21(14)17/h6-7,9-10,13,15-16,22H,1-5,8,11-12H2/t15-,16-/m0/s1. The highest BCUT2D eigenvalue weighted by molar-refractivity contribution is 5.36. The molecule has 2 aliphatic rings. The van der Waals surface area contributed by atoms with Crippen LogP contribution in [0.1, 0.15) is 44.2 Å². The second-order valence-corrected chi connectivity index (χ2v) is 6.84. The Morgan fingerprint density at radius 1 is 1.18 bits per heavy atom. The van der Waals surface area contributed by atoms with Crippen LogP contribution in [0, 0.1) is 5.92 Å². The van der Waals surface area contributed by atoms with Gasteiger partial charge >= 0.3 is 0 Å². The Bertz CT molecular complexity index is 634. The molecule has 2 atom stereocenters. The van der Waals surface area contributed by atoms with Crippen molar-refractivity contribution < 1.29 is 5.11 Å². The minimum atomic E-state index is -0.173. The van der Waals surface area contributed by atoms with E-state index in [0.29, 0.717) is 6.04 Å². The monoisotopic (exact) mass is 300 g/mol. The second kappa shape index (κ2) is 5.97. The molecule has 0 unspecified atom stereocenters. The normalized spacial score (nSPS) is 27.7. The third kappa shape index (κ3) is 2.63. The van der Waals surface area contributed by atoms with Gasteiger partial charge in [0.05, 0.1) is 24.2 Å². The molecule has 22 heavy (non-hydrogen) atoms. The topological polar surface area (TPSA) is 53.7 Å². The first-order valence-electron chi connectivity index (χ1n) is 8.49. The van der Waals surface area contributed by atoms with E-state index in [1.807, 2.05) is 12.4 Å². The first kappa shape index (κ1) is 14.2. The van der Waals surface area contributed by atoms with Crippen molar-refractivity contribution in [3.05, 3.63) is 30.5 Å². The maximum absolute atomic E-state index is 10.2. The van der Waals surface area contributed by atoms with Gasteiger partial charge in [0, 0.05) is 31.5 Å². The summed E-state index contributed by atoms with van der Waals surface area (Å²) in [4.78, 5) is 11.0. The molecule has 3 heterocycles. The molecule has 2 fully saturated rings. The number of aromatic nitrogens is 3. The van der Waals surface area contributed by atoms with Crippen molar-refractivity contribution in [2.45, 2.75) is 57.2 Å². The molecule has 5 nitrogen and oxygen atoms in total. The van der Waals surface area contributed by atoms with Crippen LogP contribution in [0.3, 0.4) is 0 Å². The summed E-state index contributed by atoms with van der Waals surface area (Å²) < 4.78 is 2.11. The molecule has 2 aromatic heterocycles. The zero-order chi connectivity index (χ0) is 14.9. The number of hydrogen-bond acceptors (Lipinski definition) is 4. The quantitative estimate of drug-likeness (QED) is 0.944. The van der Waals surface area contributed by atoms with Crippen LogP contribution in [-0.4, -0.2) is 43.1 Å². The molecule has 1 N–H and O–H groups in total. The number of imidazole rings is 1. The lowest BCUT2D eigenvalue weighted by Gasteiger charge is -2.33. The van der Waals surface area contributed by atoms with E-state index >= 15 is 0 Å². The fraction of sp³-hybridized carbons (Fsp3) is 0.647. The molecule has 4 rings (SSSR count). The molecule has 5 heteroatoms. The lowest BCUT2D eigenvalue weighted by atomic mass is 9.82. The van der Waals surface area contributed by atoms with Crippen molar-refractivity contribution in [2.24, 2.45) is 5.92 Å². The first-order valence-corrected chi connectivity index (χ1v) is 8.49. The number of fused-ring (bicyclic) bond motifs is 1. The third-order valence-electron chi connectivity index (χ3n) is 5.38. The number of hydrogen-bond donors (Lipinski definition) is 1. The molecule has 0 spiro atoms. The molecule has 1 saturated heterocycles. The van der Waals surface area contributed by atoms with E-state index in [-0.39, 0.29) is 6.10 Å². The zero-order valence-corrected chi connectivity index (χ0v) is 12.9. The summed E-state index contributed by atoms with van der Waals surface area (Å²) in [6, 6.07) is 0.530. The van der Waals surface area contributed by atoms with Gasteiger partial charge in [0.1, 0.15) is 0 Å². The van der Waals surface area contributed by atoms with E-state index < -0.39 is 0 Å². The maximum atomic E-state index is 10.2. The average molecular weight is 300 g/mol. The first-order chi connectivity index (χ1) is 10.8. The van der Waals surface area contributed by atoms with E-state index in [9.17, 15) is 5.11 Å². The van der Waals surface area contributed by atoms with Crippen LogP contribution < -0.4 is 0 Å². The highest BCUT2D eigenvalue weighted by Gasteiger charge is 2.36. The third-order valence-corrected chi connectivity index (χ3v) is 5.38. The van der Waals surface area contributed by atoms with Gasteiger partial charge in [-0.1, -0.05) is 19.3 Å². The summed E-state index contributed by atoms with van der Waals surface area (Å²) in [6.45, 7) is 1.66. The van der Waals surface area contributed by atoms with Gasteiger partial charge in [-0.3, -0.25) is 14.3 Å². The van der Waals surface area contributed by atoms with Gasteiger partial charge in [0.2, 0.25) is 0 Å². The lowest BCUT2D eigenvalue weighted by molar-refractivity contribution is 0.146. The van der Waals surface area contributed by atoms with Gasteiger partial charge in [-0.15, -0.1) is 0 Å². The molecular weight excluding hydrogens is 276 g/mol. The van der Waals surface area contributed by atoms with Gasteiger partial charge in [0.15, 0.2) is 5.65 Å². The minimum absolute atomic E-state index is 0.173. The molecule has 1 aliphatic carbocycles. The highest BCUT2D eigenvalue weighted by atomic mass is 16.3. The van der Waals surface area contributed by atoms with Gasteiger partial charge in [0.25, 0.3) is 0 Å². The zero-order valence-electron chi connectivity index (χ0n) is 12.9. The SMILES string of the molecule is O[C@H]1C[C@@H](C2CCCCC2)N(Cc2cnc3cnccn23)C1.